The summed E-state index contributed by atoms with van der Waals surface area (Å²) in [6.45, 7) is 8.09. The maximum atomic E-state index is 12.7. The number of halogens is 3. The fourth-order valence-electron chi connectivity index (χ4n) is 4.14. The van der Waals surface area contributed by atoms with Crippen LogP contribution in [-0.2, 0) is 26.0 Å². The second kappa shape index (κ2) is 10.4. The van der Waals surface area contributed by atoms with Crippen LogP contribution < -0.4 is 0 Å². The minimum Gasteiger partial charge on any atom is -0.475 e. The van der Waals surface area contributed by atoms with Crippen molar-refractivity contribution in [2.75, 3.05) is 38.2 Å². The number of likely N-dealkylation sites (tertiary alicyclic amines) is 2. The summed E-state index contributed by atoms with van der Waals surface area (Å²) in [7, 11) is -3.03. The monoisotopic (exact) mass is 492 g/mol. The van der Waals surface area contributed by atoms with Gasteiger partial charge in [-0.1, -0.05) is 38.1 Å². The van der Waals surface area contributed by atoms with Crippen molar-refractivity contribution in [2.45, 2.75) is 45.3 Å². The van der Waals surface area contributed by atoms with E-state index in [-0.39, 0.29) is 17.1 Å². The average Bonchev–Trinajstić information content (AvgIpc) is 2.70. The molecule has 33 heavy (non-hydrogen) atoms. The molecular weight excluding hydrogens is 461 g/mol. The summed E-state index contributed by atoms with van der Waals surface area (Å²) in [5.74, 6) is -2.03. The average molecular weight is 493 g/mol. The summed E-state index contributed by atoms with van der Waals surface area (Å²) >= 11 is 0. The Hall–Kier alpha value is -2.14. The molecule has 11 heteroatoms. The number of aliphatic carboxylic acids is 1. The van der Waals surface area contributed by atoms with Gasteiger partial charge in [0.1, 0.15) is 9.84 Å². The van der Waals surface area contributed by atoms with Crippen molar-refractivity contribution in [3.63, 3.8) is 0 Å². The van der Waals surface area contributed by atoms with Gasteiger partial charge in [-0.2, -0.15) is 13.2 Å². The zero-order valence-electron chi connectivity index (χ0n) is 19.1. The van der Waals surface area contributed by atoms with Crippen LogP contribution in [-0.4, -0.2) is 79.6 Å². The molecule has 1 aromatic carbocycles. The topological polar surface area (TPSA) is 95.0 Å². The molecule has 2 aliphatic heterocycles. The second-order valence-corrected chi connectivity index (χ2v) is 11.4. The molecule has 1 N–H and O–H groups in total. The summed E-state index contributed by atoms with van der Waals surface area (Å²) in [6.07, 6.45) is -1.92. The van der Waals surface area contributed by atoms with Gasteiger partial charge in [0, 0.05) is 32.4 Å². The number of benzene rings is 1. The minimum atomic E-state index is -5.08. The maximum Gasteiger partial charge on any atom is 0.490 e. The van der Waals surface area contributed by atoms with Crippen LogP contribution in [0.5, 0.6) is 0 Å². The van der Waals surface area contributed by atoms with Crippen molar-refractivity contribution < 1.29 is 36.3 Å². The number of carbonyl (C=O) groups is 2. The summed E-state index contributed by atoms with van der Waals surface area (Å²) < 4.78 is 54.4. The van der Waals surface area contributed by atoms with Crippen LogP contribution in [0.3, 0.4) is 0 Å². The molecule has 2 fully saturated rings. The van der Waals surface area contributed by atoms with E-state index < -0.39 is 22.0 Å². The Balaban J connectivity index is 0.000000479. The lowest BCUT2D eigenvalue weighted by atomic mass is 9.72. The number of rotatable bonds is 6. The Kier molecular flexibility index (Phi) is 8.56. The van der Waals surface area contributed by atoms with Crippen LogP contribution in [0.25, 0.3) is 0 Å². The van der Waals surface area contributed by atoms with Crippen molar-refractivity contribution in [3.8, 4) is 0 Å². The SMILES string of the molecule is CC(C)c1ccc(CN2CCCC3(C2)CN(CCS(C)(=O)=O)C3=O)cc1.O=C(O)C(F)(F)F. The quantitative estimate of drug-likeness (QED) is 0.614. The first-order chi connectivity index (χ1) is 15.1. The molecule has 1 aromatic rings. The first kappa shape index (κ1) is 27.1. The molecule has 0 bridgehead atoms. The van der Waals surface area contributed by atoms with Gasteiger partial charge in [-0.25, -0.2) is 13.2 Å². The van der Waals surface area contributed by atoms with Gasteiger partial charge in [-0.05, 0) is 36.4 Å². The number of hydrogen-bond donors (Lipinski definition) is 1. The van der Waals surface area contributed by atoms with E-state index in [0.29, 0.717) is 19.0 Å². The van der Waals surface area contributed by atoms with Gasteiger partial charge in [-0.15, -0.1) is 0 Å². The molecule has 1 atom stereocenters. The standard InChI is InChI=1S/C20H30N2O3S.C2HF3O2/c1-16(2)18-7-5-17(6-8-18)13-21-10-4-9-20(14-21)15-22(19(20)23)11-12-26(3,24)25;3-2(4,5)1(6)7/h5-8,16H,4,9-15H2,1-3H3;(H,6,7). The van der Waals surface area contributed by atoms with E-state index in [2.05, 4.69) is 43.0 Å². The second-order valence-electron chi connectivity index (χ2n) is 9.15. The molecule has 0 radical (unpaired) electrons. The highest BCUT2D eigenvalue weighted by molar-refractivity contribution is 7.90. The van der Waals surface area contributed by atoms with E-state index in [1.54, 1.807) is 4.90 Å². The number of alkyl halides is 3. The van der Waals surface area contributed by atoms with Gasteiger partial charge in [0.05, 0.1) is 11.2 Å². The molecule has 7 nitrogen and oxygen atoms in total. The van der Waals surface area contributed by atoms with Gasteiger partial charge in [0.2, 0.25) is 5.91 Å². The molecule has 186 valence electrons. The third-order valence-corrected chi connectivity index (χ3v) is 6.84. The number of carboxylic acids is 1. The number of piperidine rings is 1. The minimum absolute atomic E-state index is 0.0563. The predicted molar refractivity (Wildman–Crippen MR) is 117 cm³/mol. The summed E-state index contributed by atoms with van der Waals surface area (Å²) in [5.41, 5.74) is 2.35. The van der Waals surface area contributed by atoms with E-state index >= 15 is 0 Å². The first-order valence-corrected chi connectivity index (χ1v) is 12.8. The normalized spacial score (nSPS) is 21.5. The van der Waals surface area contributed by atoms with E-state index in [1.807, 2.05) is 0 Å². The maximum absolute atomic E-state index is 12.7. The highest BCUT2D eigenvalue weighted by Crippen LogP contribution is 2.40. The molecule has 1 spiro atoms. The zero-order valence-corrected chi connectivity index (χ0v) is 19.9. The number of carbonyl (C=O) groups excluding carboxylic acids is 1. The van der Waals surface area contributed by atoms with Crippen molar-refractivity contribution in [2.24, 2.45) is 5.41 Å². The molecule has 3 rings (SSSR count). The number of carboxylic acid groups (broad SMARTS) is 1. The lowest BCUT2D eigenvalue weighted by Crippen LogP contribution is -2.67. The Morgan fingerprint density at radius 2 is 1.76 bits per heavy atom. The van der Waals surface area contributed by atoms with Gasteiger partial charge in [0.15, 0.2) is 0 Å². The van der Waals surface area contributed by atoms with Crippen LogP contribution in [0.15, 0.2) is 24.3 Å². The Morgan fingerprint density at radius 1 is 1.18 bits per heavy atom. The van der Waals surface area contributed by atoms with Crippen LogP contribution in [0, 0.1) is 5.41 Å². The van der Waals surface area contributed by atoms with Crippen LogP contribution in [0.2, 0.25) is 0 Å². The number of nitrogens with zero attached hydrogens (tertiary/aromatic N) is 2. The van der Waals surface area contributed by atoms with Crippen LogP contribution in [0.4, 0.5) is 13.2 Å². The molecule has 0 aromatic heterocycles. The van der Waals surface area contributed by atoms with Gasteiger partial charge >= 0.3 is 12.1 Å². The zero-order chi connectivity index (χ0) is 25.0. The fraction of sp³-hybridized carbons (Fsp3) is 0.636. The lowest BCUT2D eigenvalue weighted by molar-refractivity contribution is -0.192. The number of β-lactam (4-membered cyclic amide) rings is 1. The first-order valence-electron chi connectivity index (χ1n) is 10.7. The summed E-state index contributed by atoms with van der Waals surface area (Å²) in [6, 6.07) is 8.78. The van der Waals surface area contributed by atoms with Crippen molar-refractivity contribution in [1.82, 2.24) is 9.80 Å². The third kappa shape index (κ3) is 7.70. The molecule has 2 saturated heterocycles. The Bertz CT molecular complexity index is 948. The van der Waals surface area contributed by atoms with Gasteiger partial charge in [0.25, 0.3) is 0 Å². The fourth-order valence-corrected chi connectivity index (χ4v) is 4.69. The number of sulfone groups is 1. The van der Waals surface area contributed by atoms with Crippen LogP contribution in [0.1, 0.15) is 43.7 Å². The molecule has 2 heterocycles. The molecule has 0 aliphatic carbocycles. The third-order valence-electron chi connectivity index (χ3n) is 5.92. The highest BCUT2D eigenvalue weighted by Gasteiger charge is 2.53. The van der Waals surface area contributed by atoms with Gasteiger partial charge in [-0.3, -0.25) is 9.69 Å². The molecule has 0 saturated carbocycles. The molecular formula is C22H31F3N2O5S. The van der Waals surface area contributed by atoms with Crippen molar-refractivity contribution in [3.05, 3.63) is 35.4 Å². The molecule has 1 unspecified atom stereocenters. The van der Waals surface area contributed by atoms with E-state index in [4.69, 9.17) is 9.90 Å². The van der Waals surface area contributed by atoms with Gasteiger partial charge < -0.3 is 10.0 Å². The number of amides is 1. The Morgan fingerprint density at radius 3 is 2.21 bits per heavy atom. The lowest BCUT2D eigenvalue weighted by Gasteiger charge is -2.53. The summed E-state index contributed by atoms with van der Waals surface area (Å²) in [4.78, 5) is 25.7. The highest BCUT2D eigenvalue weighted by atomic mass is 32.2. The largest absolute Gasteiger partial charge is 0.490 e. The van der Waals surface area contributed by atoms with Crippen molar-refractivity contribution >= 4 is 21.7 Å². The molecule has 1 amide bonds. The number of hydrogen-bond acceptors (Lipinski definition) is 5. The summed E-state index contributed by atoms with van der Waals surface area (Å²) in [5, 5.41) is 7.12. The van der Waals surface area contributed by atoms with E-state index in [9.17, 15) is 26.4 Å². The van der Waals surface area contributed by atoms with E-state index in [1.165, 1.54) is 17.4 Å². The molecule has 2 aliphatic rings. The Labute approximate surface area is 192 Å². The predicted octanol–water partition coefficient (Wildman–Crippen LogP) is 2.91. The smallest absolute Gasteiger partial charge is 0.475 e. The van der Waals surface area contributed by atoms with E-state index in [0.717, 1.165) is 32.5 Å². The van der Waals surface area contributed by atoms with Crippen LogP contribution >= 0.6 is 0 Å². The van der Waals surface area contributed by atoms with Crippen molar-refractivity contribution in [1.29, 1.82) is 0 Å².